The highest BCUT2D eigenvalue weighted by molar-refractivity contribution is 6.91. The molecule has 3 heterocycles. The minimum absolute atomic E-state index is 0.00663. The highest BCUT2D eigenvalue weighted by Crippen LogP contribution is 2.53. The van der Waals surface area contributed by atoms with E-state index >= 15 is 0 Å². The number of rotatable bonds is 6. The van der Waals surface area contributed by atoms with Crippen LogP contribution in [-0.4, -0.2) is 12.8 Å². The fourth-order valence-corrected chi connectivity index (χ4v) is 12.1. The van der Waals surface area contributed by atoms with Gasteiger partial charge < -0.3 is 19.1 Å². The average molecular weight is 980 g/mol. The van der Waals surface area contributed by atoms with Crippen molar-refractivity contribution >= 4 is 84.9 Å². The lowest BCUT2D eigenvalue weighted by molar-refractivity contribution is 0.509. The van der Waals surface area contributed by atoms with Crippen LogP contribution in [0.4, 0.5) is 45.5 Å². The van der Waals surface area contributed by atoms with Crippen LogP contribution in [0.3, 0.4) is 0 Å². The van der Waals surface area contributed by atoms with Gasteiger partial charge in [0.15, 0.2) is 0 Å². The van der Waals surface area contributed by atoms with Gasteiger partial charge in [-0.2, -0.15) is 0 Å². The fourth-order valence-electron chi connectivity index (χ4n) is 12.1. The molecule has 4 nitrogen and oxygen atoms in total. The Bertz CT molecular complexity index is 3680. The van der Waals surface area contributed by atoms with Gasteiger partial charge in [0.05, 0.1) is 17.4 Å². The summed E-state index contributed by atoms with van der Waals surface area (Å²) < 4.78 is 6.44. The summed E-state index contributed by atoms with van der Waals surface area (Å²) in [5.41, 5.74) is 19.2. The van der Waals surface area contributed by atoms with Crippen LogP contribution in [0.15, 0.2) is 204 Å². The number of anilines is 8. The Hall–Kier alpha value is -7.50. The van der Waals surface area contributed by atoms with Crippen LogP contribution in [0.1, 0.15) is 99.8 Å². The third kappa shape index (κ3) is 8.49. The van der Waals surface area contributed by atoms with E-state index < -0.39 is 0 Å². The molecule has 2 aliphatic heterocycles. The minimum atomic E-state index is -0.0477. The molecule has 2 atom stereocenters. The van der Waals surface area contributed by atoms with Gasteiger partial charge in [-0.05, 0) is 151 Å². The molecule has 0 spiro atoms. The van der Waals surface area contributed by atoms with E-state index in [0.29, 0.717) is 0 Å². The molecule has 0 bridgehead atoms. The van der Waals surface area contributed by atoms with Crippen molar-refractivity contribution in [1.29, 1.82) is 0 Å². The highest BCUT2D eigenvalue weighted by Gasteiger charge is 2.50. The Kier molecular flexibility index (Phi) is 11.3. The molecule has 0 N–H and O–H groups in total. The van der Waals surface area contributed by atoms with Crippen LogP contribution in [0, 0.1) is 5.41 Å². The summed E-state index contributed by atoms with van der Waals surface area (Å²) in [5, 5.41) is 3.48. The van der Waals surface area contributed by atoms with Crippen LogP contribution in [0.2, 0.25) is 5.82 Å². The molecule has 1 aliphatic carbocycles. The predicted octanol–water partition coefficient (Wildman–Crippen LogP) is 18.4. The van der Waals surface area contributed by atoms with E-state index in [1.54, 1.807) is 0 Å². The number of furan rings is 1. The van der Waals surface area contributed by atoms with Gasteiger partial charge in [0, 0.05) is 50.5 Å². The van der Waals surface area contributed by atoms with Crippen molar-refractivity contribution < 1.29 is 4.42 Å². The quantitative estimate of drug-likeness (QED) is 0.155. The maximum Gasteiger partial charge on any atom is 0.226 e. The van der Waals surface area contributed by atoms with Gasteiger partial charge >= 0.3 is 0 Å². The topological polar surface area (TPSA) is 22.9 Å². The molecule has 374 valence electrons. The Morgan fingerprint density at radius 2 is 1.09 bits per heavy atom. The summed E-state index contributed by atoms with van der Waals surface area (Å²) in [6, 6.07) is 66.2. The van der Waals surface area contributed by atoms with Crippen molar-refractivity contribution in [2.24, 2.45) is 5.41 Å². The first-order chi connectivity index (χ1) is 35.7. The number of nitrogens with zero attached hydrogens (tertiary/aromatic N) is 3. The molecule has 0 fully saturated rings. The minimum Gasteiger partial charge on any atom is -0.456 e. The third-order valence-electron chi connectivity index (χ3n) is 16.3. The first-order valence-electron chi connectivity index (χ1n) is 27.1. The van der Waals surface area contributed by atoms with Crippen LogP contribution in [0.5, 0.6) is 0 Å². The Labute approximate surface area is 446 Å². The van der Waals surface area contributed by atoms with Gasteiger partial charge in [0.25, 0.3) is 0 Å². The molecule has 1 aromatic heterocycles. The van der Waals surface area contributed by atoms with Crippen molar-refractivity contribution in [2.45, 2.75) is 111 Å². The first kappa shape index (κ1) is 48.4. The largest absolute Gasteiger partial charge is 0.456 e. The second-order valence-electron chi connectivity index (χ2n) is 25.5. The number of fused-ring (bicyclic) bond motifs is 6. The van der Waals surface area contributed by atoms with Crippen molar-refractivity contribution in [3.8, 4) is 11.3 Å². The number of hydrogen-bond acceptors (Lipinski definition) is 4. The molecule has 0 saturated carbocycles. The average Bonchev–Trinajstić information content (AvgIpc) is 3.92. The summed E-state index contributed by atoms with van der Waals surface area (Å²) >= 11 is 0. The van der Waals surface area contributed by atoms with Gasteiger partial charge in [-0.25, -0.2) is 0 Å². The standard InChI is InChI=1S/C70H70BN3O/c1-67(2,3)48-26-34-53(35-27-48)73-60-38-30-50(69(7,8)9)41-57(60)71-58-42-51(70(10,11)12)31-39-61(58)74(54-36-28-49(29-37-54)68(4,5)6)63-44-55(43-62(73)66(63)71)72(59-22-17-20-45-18-13-15-21-56(45)59)52-32-24-46(25-33-52)65-40-47-19-14-16-23-64(47)75-65/h13-44,57,60H,1-12H3. The van der Waals surface area contributed by atoms with Crippen LogP contribution in [0.25, 0.3) is 33.1 Å². The molecular formula is C70H70BN3O. The Morgan fingerprint density at radius 3 is 1.75 bits per heavy atom. The predicted molar refractivity (Wildman–Crippen MR) is 322 cm³/mol. The number of benzene rings is 8. The van der Waals surface area contributed by atoms with E-state index in [1.807, 2.05) is 12.1 Å². The molecule has 75 heavy (non-hydrogen) atoms. The second-order valence-corrected chi connectivity index (χ2v) is 25.5. The molecule has 2 unspecified atom stereocenters. The van der Waals surface area contributed by atoms with E-state index in [4.69, 9.17) is 4.42 Å². The van der Waals surface area contributed by atoms with Crippen LogP contribution >= 0.6 is 0 Å². The highest BCUT2D eigenvalue weighted by atomic mass is 16.3. The van der Waals surface area contributed by atoms with E-state index in [1.165, 1.54) is 66.7 Å². The normalized spacial score (nSPS) is 16.5. The molecule has 5 heteroatoms. The van der Waals surface area contributed by atoms with Crippen molar-refractivity contribution in [3.05, 3.63) is 216 Å². The Morgan fingerprint density at radius 1 is 0.493 bits per heavy atom. The molecular weight excluding hydrogens is 910 g/mol. The summed E-state index contributed by atoms with van der Waals surface area (Å²) in [5.74, 6) is 1.000. The summed E-state index contributed by atoms with van der Waals surface area (Å²) in [4.78, 5) is 7.78. The van der Waals surface area contributed by atoms with Gasteiger partial charge in [-0.15, -0.1) is 0 Å². The van der Waals surface area contributed by atoms with Gasteiger partial charge in [0.1, 0.15) is 11.3 Å². The van der Waals surface area contributed by atoms with Crippen LogP contribution in [-0.2, 0) is 16.2 Å². The lowest BCUT2D eigenvalue weighted by Crippen LogP contribution is -2.62. The molecule has 0 radical (unpaired) electrons. The number of para-hydroxylation sites is 1. The zero-order valence-electron chi connectivity index (χ0n) is 46.0. The maximum absolute atomic E-state index is 6.44. The molecule has 0 saturated heterocycles. The second kappa shape index (κ2) is 17.6. The SMILES string of the molecule is CC(C)(C)C1=CC2B3c4cc(C(C)(C)C)ccc4N(c4ccc(C(C)(C)C)cc4)c4cc(N(c5ccc(-c6cc7ccccc7o6)cc5)c5cccc6ccccc56)cc(c43)N(c3ccc(C(C)(C)C)cc3)C2C=C1. The zero-order valence-corrected chi connectivity index (χ0v) is 46.0. The number of hydrogen-bond donors (Lipinski definition) is 0. The van der Waals surface area contributed by atoms with E-state index in [-0.39, 0.29) is 40.2 Å². The summed E-state index contributed by atoms with van der Waals surface area (Å²) in [6.07, 6.45) is 7.61. The lowest BCUT2D eigenvalue weighted by atomic mass is 9.28. The van der Waals surface area contributed by atoms with E-state index in [2.05, 4.69) is 280 Å². The fraction of sp³-hybridized carbons (Fsp3) is 0.257. The lowest BCUT2D eigenvalue weighted by Gasteiger charge is -2.51. The smallest absolute Gasteiger partial charge is 0.226 e. The molecule has 3 aliphatic rings. The van der Waals surface area contributed by atoms with Crippen molar-refractivity contribution in [1.82, 2.24) is 0 Å². The van der Waals surface area contributed by atoms with E-state index in [9.17, 15) is 0 Å². The van der Waals surface area contributed by atoms with Gasteiger partial charge in [-0.3, -0.25) is 0 Å². The van der Waals surface area contributed by atoms with Gasteiger partial charge in [0.2, 0.25) is 6.71 Å². The van der Waals surface area contributed by atoms with Crippen LogP contribution < -0.4 is 25.6 Å². The van der Waals surface area contributed by atoms with Gasteiger partial charge in [-0.1, -0.05) is 192 Å². The van der Waals surface area contributed by atoms with Crippen molar-refractivity contribution in [2.75, 3.05) is 14.7 Å². The summed E-state index contributed by atoms with van der Waals surface area (Å²) in [6.45, 7) is 28.1. The molecule has 0 amide bonds. The monoisotopic (exact) mass is 980 g/mol. The number of allylic oxidation sites excluding steroid dienone is 2. The third-order valence-corrected chi connectivity index (χ3v) is 16.3. The molecule has 9 aromatic rings. The van der Waals surface area contributed by atoms with Crippen molar-refractivity contribution in [3.63, 3.8) is 0 Å². The zero-order chi connectivity index (χ0) is 52.3. The summed E-state index contributed by atoms with van der Waals surface area (Å²) in [7, 11) is 0. The molecule has 12 rings (SSSR count). The Balaban J connectivity index is 1.18. The van der Waals surface area contributed by atoms with E-state index in [0.717, 1.165) is 45.0 Å². The maximum atomic E-state index is 6.44. The first-order valence-corrected chi connectivity index (χ1v) is 27.1. The molecule has 8 aromatic carbocycles.